The summed E-state index contributed by atoms with van der Waals surface area (Å²) in [4.78, 5) is 11.3. The summed E-state index contributed by atoms with van der Waals surface area (Å²) in [5, 5.41) is 8.41. The lowest BCUT2D eigenvalue weighted by molar-refractivity contribution is -0.146. The summed E-state index contributed by atoms with van der Waals surface area (Å²) in [6, 6.07) is 1.62. The average molecular weight is 246 g/mol. The van der Waals surface area contributed by atoms with Gasteiger partial charge < -0.3 is 4.74 Å². The van der Waals surface area contributed by atoms with Crippen LogP contribution in [0.1, 0.15) is 12.8 Å². The first kappa shape index (κ1) is 12.9. The van der Waals surface area contributed by atoms with E-state index in [0.29, 0.717) is 19.4 Å². The normalized spacial score (nSPS) is 22.4. The van der Waals surface area contributed by atoms with Crippen LogP contribution in [-0.4, -0.2) is 44.6 Å². The Balaban J connectivity index is 2.71. The van der Waals surface area contributed by atoms with Gasteiger partial charge in [0.05, 0.1) is 19.1 Å². The largest absolute Gasteiger partial charge is 0.469 e. The third kappa shape index (κ3) is 2.93. The number of hydrogen-bond donors (Lipinski definition) is 0. The number of carbonyl (C=O) groups excluding carboxylic acids is 1. The van der Waals surface area contributed by atoms with E-state index in [1.807, 2.05) is 0 Å². The highest BCUT2D eigenvalue weighted by molar-refractivity contribution is 7.89. The van der Waals surface area contributed by atoms with Crippen molar-refractivity contribution in [3.63, 3.8) is 0 Å². The number of esters is 1. The number of nitriles is 1. The van der Waals surface area contributed by atoms with Gasteiger partial charge in [0, 0.05) is 13.1 Å². The number of sulfonamides is 1. The molecular formula is C9H14N2O4S. The SMILES string of the molecule is COC(=O)C1CCCN(S(=O)(=O)CC#N)C1. The van der Waals surface area contributed by atoms with Crippen molar-refractivity contribution in [2.24, 2.45) is 5.92 Å². The Kier molecular flexibility index (Phi) is 4.26. The van der Waals surface area contributed by atoms with Gasteiger partial charge in [-0.3, -0.25) is 4.79 Å². The molecular weight excluding hydrogens is 232 g/mol. The molecule has 1 heterocycles. The molecule has 0 aromatic rings. The standard InChI is InChI=1S/C9H14N2O4S/c1-15-9(12)8-3-2-5-11(7-8)16(13,14)6-4-10/h8H,2-3,5-7H2,1H3. The zero-order valence-corrected chi connectivity index (χ0v) is 9.87. The third-order valence-electron chi connectivity index (χ3n) is 2.56. The first-order chi connectivity index (χ1) is 7.51. The molecule has 1 saturated heterocycles. The molecule has 1 aliphatic rings. The molecule has 0 spiro atoms. The molecule has 0 N–H and O–H groups in total. The van der Waals surface area contributed by atoms with E-state index in [1.54, 1.807) is 6.07 Å². The first-order valence-corrected chi connectivity index (χ1v) is 6.55. The monoisotopic (exact) mass is 246 g/mol. The van der Waals surface area contributed by atoms with Gasteiger partial charge in [0.2, 0.25) is 10.0 Å². The van der Waals surface area contributed by atoms with Crippen LogP contribution in [0.4, 0.5) is 0 Å². The highest BCUT2D eigenvalue weighted by Crippen LogP contribution is 2.20. The van der Waals surface area contributed by atoms with Crippen LogP contribution in [0.2, 0.25) is 0 Å². The molecule has 0 radical (unpaired) electrons. The predicted octanol–water partition coefficient (Wildman–Crippen LogP) is -0.275. The Hall–Kier alpha value is -1.13. The molecule has 1 aliphatic heterocycles. The van der Waals surface area contributed by atoms with Crippen LogP contribution in [0.3, 0.4) is 0 Å². The maximum atomic E-state index is 11.6. The molecule has 0 amide bonds. The highest BCUT2D eigenvalue weighted by Gasteiger charge is 2.32. The Labute approximate surface area is 94.8 Å². The van der Waals surface area contributed by atoms with E-state index in [9.17, 15) is 13.2 Å². The van der Waals surface area contributed by atoms with E-state index in [2.05, 4.69) is 4.74 Å². The van der Waals surface area contributed by atoms with Crippen molar-refractivity contribution in [1.82, 2.24) is 4.31 Å². The number of nitrogens with zero attached hydrogens (tertiary/aromatic N) is 2. The highest BCUT2D eigenvalue weighted by atomic mass is 32.2. The molecule has 16 heavy (non-hydrogen) atoms. The van der Waals surface area contributed by atoms with Crippen LogP contribution in [0.5, 0.6) is 0 Å². The van der Waals surface area contributed by atoms with Crippen molar-refractivity contribution in [3.05, 3.63) is 0 Å². The number of methoxy groups -OCH3 is 1. The van der Waals surface area contributed by atoms with E-state index in [0.717, 1.165) is 0 Å². The van der Waals surface area contributed by atoms with Crippen molar-refractivity contribution in [2.75, 3.05) is 26.0 Å². The van der Waals surface area contributed by atoms with Crippen molar-refractivity contribution in [2.45, 2.75) is 12.8 Å². The van der Waals surface area contributed by atoms with E-state index >= 15 is 0 Å². The second-order valence-electron chi connectivity index (χ2n) is 3.63. The average Bonchev–Trinajstić information content (AvgIpc) is 2.28. The van der Waals surface area contributed by atoms with Gasteiger partial charge in [-0.25, -0.2) is 12.7 Å². The van der Waals surface area contributed by atoms with Crippen molar-refractivity contribution < 1.29 is 17.9 Å². The summed E-state index contributed by atoms with van der Waals surface area (Å²) in [7, 11) is -2.26. The van der Waals surface area contributed by atoms with Gasteiger partial charge >= 0.3 is 5.97 Å². The van der Waals surface area contributed by atoms with Gasteiger partial charge in [-0.1, -0.05) is 0 Å². The lowest BCUT2D eigenvalue weighted by Gasteiger charge is -2.29. The fourth-order valence-electron chi connectivity index (χ4n) is 1.73. The van der Waals surface area contributed by atoms with Crippen molar-refractivity contribution in [1.29, 1.82) is 5.26 Å². The minimum atomic E-state index is -3.54. The summed E-state index contributed by atoms with van der Waals surface area (Å²) >= 11 is 0. The van der Waals surface area contributed by atoms with E-state index in [4.69, 9.17) is 5.26 Å². The molecule has 7 heteroatoms. The molecule has 0 aliphatic carbocycles. The van der Waals surface area contributed by atoms with Gasteiger partial charge in [-0.15, -0.1) is 0 Å². The second kappa shape index (κ2) is 5.27. The molecule has 90 valence electrons. The quantitative estimate of drug-likeness (QED) is 0.639. The molecule has 0 saturated carbocycles. The van der Waals surface area contributed by atoms with Gasteiger partial charge in [0.1, 0.15) is 0 Å². The zero-order valence-electron chi connectivity index (χ0n) is 9.05. The third-order valence-corrected chi connectivity index (χ3v) is 4.17. The number of piperidine rings is 1. The number of rotatable bonds is 3. The predicted molar refractivity (Wildman–Crippen MR) is 55.7 cm³/mol. The Morgan fingerprint density at radius 1 is 1.62 bits per heavy atom. The minimum Gasteiger partial charge on any atom is -0.469 e. The van der Waals surface area contributed by atoms with Crippen LogP contribution in [0, 0.1) is 17.2 Å². The van der Waals surface area contributed by atoms with Crippen molar-refractivity contribution in [3.8, 4) is 6.07 Å². The Bertz CT molecular complexity index is 398. The summed E-state index contributed by atoms with van der Waals surface area (Å²) in [5.41, 5.74) is 0. The van der Waals surface area contributed by atoms with Crippen molar-refractivity contribution >= 4 is 16.0 Å². The lowest BCUT2D eigenvalue weighted by Crippen LogP contribution is -2.43. The number of hydrogen-bond acceptors (Lipinski definition) is 5. The molecule has 1 rings (SSSR count). The molecule has 1 unspecified atom stereocenters. The molecule has 1 fully saturated rings. The van der Waals surface area contributed by atoms with E-state index in [1.165, 1.54) is 11.4 Å². The maximum absolute atomic E-state index is 11.6. The summed E-state index contributed by atoms with van der Waals surface area (Å²) < 4.78 is 29.0. The Morgan fingerprint density at radius 2 is 2.31 bits per heavy atom. The smallest absolute Gasteiger partial charge is 0.309 e. The minimum absolute atomic E-state index is 0.122. The van der Waals surface area contributed by atoms with Crippen LogP contribution in [-0.2, 0) is 19.6 Å². The number of ether oxygens (including phenoxy) is 1. The summed E-state index contributed by atoms with van der Waals surface area (Å²) in [5.74, 6) is -1.34. The van der Waals surface area contributed by atoms with Gasteiger partial charge in [-0.05, 0) is 12.8 Å². The summed E-state index contributed by atoms with van der Waals surface area (Å²) in [6.07, 6.45) is 1.25. The molecule has 0 aromatic carbocycles. The molecule has 0 bridgehead atoms. The van der Waals surface area contributed by atoms with Gasteiger partial charge in [0.15, 0.2) is 5.75 Å². The van der Waals surface area contributed by atoms with Gasteiger partial charge in [-0.2, -0.15) is 5.26 Å². The fourth-order valence-corrected chi connectivity index (χ4v) is 2.89. The first-order valence-electron chi connectivity index (χ1n) is 4.94. The van der Waals surface area contributed by atoms with Gasteiger partial charge in [0.25, 0.3) is 0 Å². The maximum Gasteiger partial charge on any atom is 0.309 e. The van der Waals surface area contributed by atoms with Crippen LogP contribution in [0.25, 0.3) is 0 Å². The van der Waals surface area contributed by atoms with Crippen LogP contribution in [0.15, 0.2) is 0 Å². The molecule has 0 aromatic heterocycles. The summed E-state index contributed by atoms with van der Waals surface area (Å²) in [6.45, 7) is 0.494. The Morgan fingerprint density at radius 3 is 2.88 bits per heavy atom. The van der Waals surface area contributed by atoms with E-state index < -0.39 is 27.7 Å². The van der Waals surface area contributed by atoms with Crippen LogP contribution >= 0.6 is 0 Å². The van der Waals surface area contributed by atoms with E-state index in [-0.39, 0.29) is 6.54 Å². The number of carbonyl (C=O) groups is 1. The van der Waals surface area contributed by atoms with Crippen LogP contribution < -0.4 is 0 Å². The zero-order chi connectivity index (χ0) is 12.2. The fraction of sp³-hybridized carbons (Fsp3) is 0.778. The molecule has 6 nitrogen and oxygen atoms in total. The molecule has 1 atom stereocenters. The topological polar surface area (TPSA) is 87.5 Å². The second-order valence-corrected chi connectivity index (χ2v) is 5.60. The lowest BCUT2D eigenvalue weighted by atomic mass is 10.0.